The van der Waals surface area contributed by atoms with Crippen LogP contribution in [0.4, 0.5) is 17.1 Å². The summed E-state index contributed by atoms with van der Waals surface area (Å²) in [5.74, 6) is 0. The van der Waals surface area contributed by atoms with Crippen molar-refractivity contribution in [2.45, 2.75) is 19.3 Å². The fourth-order valence-electron chi connectivity index (χ4n) is 9.66. The van der Waals surface area contributed by atoms with Gasteiger partial charge in [-0.1, -0.05) is 147 Å². The molecule has 58 heavy (non-hydrogen) atoms. The van der Waals surface area contributed by atoms with E-state index in [1.807, 2.05) is 12.1 Å². The van der Waals surface area contributed by atoms with Gasteiger partial charge in [-0.15, -0.1) is 0 Å². The Balaban J connectivity index is 1.06. The summed E-state index contributed by atoms with van der Waals surface area (Å²) in [5, 5.41) is 6.88. The van der Waals surface area contributed by atoms with E-state index >= 15 is 0 Å². The molecule has 0 saturated carbocycles. The van der Waals surface area contributed by atoms with Gasteiger partial charge in [-0.05, 0) is 98.8 Å². The van der Waals surface area contributed by atoms with E-state index in [1.165, 1.54) is 33.0 Å². The van der Waals surface area contributed by atoms with Gasteiger partial charge in [0.05, 0.1) is 5.69 Å². The van der Waals surface area contributed by atoms with Gasteiger partial charge in [0.15, 0.2) is 0 Å². The SMILES string of the molecule is CC1(C)c2ccccc2-c2ccc(N(c3ccc(-c4cccc5oc6ccccc6c45)cc3)c3ccccc3-c3cccc4c3oc3cc5ccccc5cc34)cc21. The topological polar surface area (TPSA) is 29.5 Å². The van der Waals surface area contributed by atoms with Crippen LogP contribution in [0.1, 0.15) is 25.0 Å². The van der Waals surface area contributed by atoms with Crippen LogP contribution in [0.5, 0.6) is 0 Å². The van der Waals surface area contributed by atoms with Crippen molar-refractivity contribution in [2.24, 2.45) is 0 Å². The van der Waals surface area contributed by atoms with Gasteiger partial charge in [0, 0.05) is 49.5 Å². The van der Waals surface area contributed by atoms with Crippen molar-refractivity contribution in [1.29, 1.82) is 0 Å². The molecule has 12 rings (SSSR count). The third-order valence-electron chi connectivity index (χ3n) is 12.5. The summed E-state index contributed by atoms with van der Waals surface area (Å²) in [6.07, 6.45) is 0. The first-order valence-corrected chi connectivity index (χ1v) is 20.0. The van der Waals surface area contributed by atoms with Crippen LogP contribution in [0.15, 0.2) is 197 Å². The van der Waals surface area contributed by atoms with E-state index in [2.05, 4.69) is 195 Å². The molecule has 0 bridgehead atoms. The lowest BCUT2D eigenvalue weighted by Crippen LogP contribution is -2.16. The number of fused-ring (bicyclic) bond motifs is 10. The van der Waals surface area contributed by atoms with E-state index in [4.69, 9.17) is 8.83 Å². The van der Waals surface area contributed by atoms with Crippen molar-refractivity contribution in [3.05, 3.63) is 199 Å². The molecule has 0 saturated heterocycles. The Morgan fingerprint density at radius 2 is 1.03 bits per heavy atom. The first kappa shape index (κ1) is 32.8. The fourth-order valence-corrected chi connectivity index (χ4v) is 9.66. The highest BCUT2D eigenvalue weighted by atomic mass is 16.3. The molecule has 3 nitrogen and oxygen atoms in total. The molecule has 0 unspecified atom stereocenters. The number of anilines is 3. The molecule has 0 aliphatic heterocycles. The highest BCUT2D eigenvalue weighted by Gasteiger charge is 2.36. The van der Waals surface area contributed by atoms with Crippen LogP contribution in [0, 0.1) is 0 Å². The quantitative estimate of drug-likeness (QED) is 0.176. The normalized spacial score (nSPS) is 13.1. The van der Waals surface area contributed by atoms with Crippen LogP contribution in [-0.4, -0.2) is 0 Å². The predicted molar refractivity (Wildman–Crippen MR) is 242 cm³/mol. The second-order valence-corrected chi connectivity index (χ2v) is 16.1. The van der Waals surface area contributed by atoms with E-state index in [0.29, 0.717) is 0 Å². The molecule has 274 valence electrons. The van der Waals surface area contributed by atoms with E-state index in [-0.39, 0.29) is 5.41 Å². The van der Waals surface area contributed by atoms with Crippen molar-refractivity contribution in [3.8, 4) is 33.4 Å². The molecule has 1 aliphatic rings. The van der Waals surface area contributed by atoms with E-state index in [0.717, 1.165) is 83.2 Å². The van der Waals surface area contributed by atoms with Crippen molar-refractivity contribution < 1.29 is 8.83 Å². The van der Waals surface area contributed by atoms with Crippen molar-refractivity contribution >= 4 is 71.7 Å². The summed E-state index contributed by atoms with van der Waals surface area (Å²) in [5.41, 5.74) is 16.4. The average Bonchev–Trinajstić information content (AvgIpc) is 3.91. The smallest absolute Gasteiger partial charge is 0.143 e. The zero-order valence-electron chi connectivity index (χ0n) is 32.2. The molecule has 11 aromatic rings. The molecule has 0 radical (unpaired) electrons. The van der Waals surface area contributed by atoms with Crippen molar-refractivity contribution in [1.82, 2.24) is 0 Å². The van der Waals surface area contributed by atoms with E-state index < -0.39 is 0 Å². The van der Waals surface area contributed by atoms with Crippen LogP contribution in [-0.2, 0) is 5.41 Å². The number of hydrogen-bond donors (Lipinski definition) is 0. The fraction of sp³-hybridized carbons (Fsp3) is 0.0545. The molecule has 2 heterocycles. The second-order valence-electron chi connectivity index (χ2n) is 16.1. The first-order valence-electron chi connectivity index (χ1n) is 20.0. The van der Waals surface area contributed by atoms with Crippen molar-refractivity contribution in [2.75, 3.05) is 4.90 Å². The average molecular weight is 744 g/mol. The summed E-state index contributed by atoms with van der Waals surface area (Å²) < 4.78 is 13.1. The third-order valence-corrected chi connectivity index (χ3v) is 12.5. The number of hydrogen-bond acceptors (Lipinski definition) is 3. The first-order chi connectivity index (χ1) is 28.5. The van der Waals surface area contributed by atoms with Gasteiger partial charge in [0.1, 0.15) is 22.3 Å². The lowest BCUT2D eigenvalue weighted by Gasteiger charge is -2.30. The molecule has 0 spiro atoms. The van der Waals surface area contributed by atoms with E-state index in [1.54, 1.807) is 0 Å². The molecular weight excluding hydrogens is 707 g/mol. The van der Waals surface area contributed by atoms with Crippen LogP contribution in [0.25, 0.3) is 88.0 Å². The predicted octanol–water partition coefficient (Wildman–Crippen LogP) is 15.7. The molecule has 0 amide bonds. The molecule has 0 atom stereocenters. The standard InChI is InChI=1S/C55H37NO2/c1-55(2)47-21-8-5-15-40(47)41-30-29-38(33-48(41)55)56(37-27-25-34(26-28-37)39-18-12-24-51-53(39)45-17-7-10-23-50(45)57-51)49-22-9-6-16-42(49)43-19-11-20-44-46-31-35-13-3-4-14-36(35)32-52(46)58-54(43)44/h3-33H,1-2H3. The van der Waals surface area contributed by atoms with Crippen LogP contribution < -0.4 is 4.90 Å². The summed E-state index contributed by atoms with van der Waals surface area (Å²) in [7, 11) is 0. The monoisotopic (exact) mass is 743 g/mol. The summed E-state index contributed by atoms with van der Waals surface area (Å²) in [6, 6.07) is 67.7. The minimum absolute atomic E-state index is 0.146. The maximum atomic E-state index is 6.81. The van der Waals surface area contributed by atoms with Gasteiger partial charge in [-0.25, -0.2) is 0 Å². The number of rotatable bonds is 5. The van der Waals surface area contributed by atoms with Gasteiger partial charge >= 0.3 is 0 Å². The maximum Gasteiger partial charge on any atom is 0.143 e. The van der Waals surface area contributed by atoms with Gasteiger partial charge in [0.25, 0.3) is 0 Å². The highest BCUT2D eigenvalue weighted by molar-refractivity contribution is 6.15. The van der Waals surface area contributed by atoms with Crippen LogP contribution in [0.3, 0.4) is 0 Å². The van der Waals surface area contributed by atoms with E-state index in [9.17, 15) is 0 Å². The molecule has 0 N–H and O–H groups in total. The molecule has 1 aliphatic carbocycles. The minimum atomic E-state index is -0.146. The number of benzene rings is 9. The zero-order chi connectivity index (χ0) is 38.5. The number of para-hydroxylation sites is 3. The molecular formula is C55H37NO2. The van der Waals surface area contributed by atoms with Crippen molar-refractivity contribution in [3.63, 3.8) is 0 Å². The third kappa shape index (κ3) is 4.80. The van der Waals surface area contributed by atoms with Gasteiger partial charge in [0.2, 0.25) is 0 Å². The molecule has 9 aromatic carbocycles. The second kappa shape index (κ2) is 12.3. The summed E-state index contributed by atoms with van der Waals surface area (Å²) in [6.45, 7) is 4.70. The molecule has 2 aromatic heterocycles. The Morgan fingerprint density at radius 1 is 0.397 bits per heavy atom. The van der Waals surface area contributed by atoms with Crippen LogP contribution >= 0.6 is 0 Å². The number of nitrogens with zero attached hydrogens (tertiary/aromatic N) is 1. The lowest BCUT2D eigenvalue weighted by molar-refractivity contribution is 0.660. The Bertz CT molecular complexity index is 3440. The summed E-state index contributed by atoms with van der Waals surface area (Å²) >= 11 is 0. The zero-order valence-corrected chi connectivity index (χ0v) is 32.2. The molecule has 0 fully saturated rings. The van der Waals surface area contributed by atoms with Gasteiger partial charge in [-0.3, -0.25) is 0 Å². The maximum absolute atomic E-state index is 6.81. The lowest BCUT2D eigenvalue weighted by atomic mass is 9.82. The minimum Gasteiger partial charge on any atom is -0.456 e. The molecule has 3 heteroatoms. The Kier molecular flexibility index (Phi) is 6.98. The van der Waals surface area contributed by atoms with Crippen LogP contribution in [0.2, 0.25) is 0 Å². The Hall–Kier alpha value is -7.36. The van der Waals surface area contributed by atoms with Gasteiger partial charge in [-0.2, -0.15) is 0 Å². The Labute approximate surface area is 336 Å². The number of furan rings is 2. The highest BCUT2D eigenvalue weighted by Crippen LogP contribution is 2.52. The Morgan fingerprint density at radius 3 is 1.91 bits per heavy atom. The summed E-state index contributed by atoms with van der Waals surface area (Å²) in [4.78, 5) is 2.42. The van der Waals surface area contributed by atoms with Gasteiger partial charge < -0.3 is 13.7 Å². The largest absolute Gasteiger partial charge is 0.456 e.